The van der Waals surface area contributed by atoms with Crippen LogP contribution in [0.2, 0.25) is 0 Å². The Hall–Kier alpha value is -3.20. The second-order valence-electron chi connectivity index (χ2n) is 5.45. The third-order valence-corrected chi connectivity index (χ3v) is 3.57. The lowest BCUT2D eigenvalue weighted by Crippen LogP contribution is -2.35. The fraction of sp³-hybridized carbons (Fsp3) is 0.263. The average molecular weight is 337 g/mol. The monoisotopic (exact) mass is 337 g/mol. The summed E-state index contributed by atoms with van der Waals surface area (Å²) in [4.78, 5) is 29.3. The molecule has 0 N–H and O–H groups in total. The van der Waals surface area contributed by atoms with Gasteiger partial charge in [-0.25, -0.2) is 0 Å². The van der Waals surface area contributed by atoms with Gasteiger partial charge in [0.05, 0.1) is 12.5 Å². The maximum atomic E-state index is 12.4. The summed E-state index contributed by atoms with van der Waals surface area (Å²) in [6, 6.07) is 12.4. The Bertz CT molecular complexity index is 752. The zero-order valence-corrected chi connectivity index (χ0v) is 14.0. The molecule has 25 heavy (non-hydrogen) atoms. The molecule has 0 aliphatic carbocycles. The molecule has 1 amide bonds. The van der Waals surface area contributed by atoms with Crippen molar-refractivity contribution >= 4 is 11.7 Å². The number of nitrogens with zero attached hydrogens (tertiary/aromatic N) is 3. The standard InChI is InChI=1S/C19H19N3O3/c1-15(23)17-5-7-18(8-6-17)25-14-19(24)22(11-3-9-20)13-16-4-2-10-21-12-16/h2,4-8,10,12H,3,11,13-14H2,1H3. The molecule has 0 aliphatic heterocycles. The first kappa shape index (κ1) is 18.1. The van der Waals surface area contributed by atoms with Gasteiger partial charge in [0.25, 0.3) is 5.91 Å². The molecule has 0 bridgehead atoms. The molecule has 6 nitrogen and oxygen atoms in total. The predicted octanol–water partition coefficient (Wildman–Crippen LogP) is 2.61. The molecular weight excluding hydrogens is 318 g/mol. The minimum atomic E-state index is -0.213. The van der Waals surface area contributed by atoms with Crippen molar-refractivity contribution in [2.24, 2.45) is 0 Å². The van der Waals surface area contributed by atoms with Gasteiger partial charge < -0.3 is 9.64 Å². The molecule has 0 atom stereocenters. The minimum Gasteiger partial charge on any atom is -0.484 e. The van der Waals surface area contributed by atoms with Crippen molar-refractivity contribution in [3.8, 4) is 11.8 Å². The van der Waals surface area contributed by atoms with Gasteiger partial charge >= 0.3 is 0 Å². The number of aromatic nitrogens is 1. The molecule has 6 heteroatoms. The molecule has 0 fully saturated rings. The number of nitriles is 1. The fourth-order valence-corrected chi connectivity index (χ4v) is 2.21. The Morgan fingerprint density at radius 2 is 2.00 bits per heavy atom. The highest BCUT2D eigenvalue weighted by Gasteiger charge is 2.15. The van der Waals surface area contributed by atoms with E-state index in [1.165, 1.54) is 6.92 Å². The van der Waals surface area contributed by atoms with Crippen molar-refractivity contribution in [2.75, 3.05) is 13.2 Å². The maximum absolute atomic E-state index is 12.4. The number of hydrogen-bond donors (Lipinski definition) is 0. The first-order chi connectivity index (χ1) is 12.1. The van der Waals surface area contributed by atoms with Crippen LogP contribution in [0, 0.1) is 11.3 Å². The summed E-state index contributed by atoms with van der Waals surface area (Å²) in [7, 11) is 0. The van der Waals surface area contributed by atoms with E-state index in [1.807, 2.05) is 12.1 Å². The van der Waals surface area contributed by atoms with Crippen LogP contribution in [0.1, 0.15) is 29.3 Å². The number of rotatable bonds is 8. The molecular formula is C19H19N3O3. The molecule has 0 radical (unpaired) electrons. The second-order valence-corrected chi connectivity index (χ2v) is 5.45. The molecule has 1 heterocycles. The number of Topliss-reactive ketones (excluding diaryl/α,β-unsaturated/α-hetero) is 1. The maximum Gasteiger partial charge on any atom is 0.260 e. The van der Waals surface area contributed by atoms with Crippen molar-refractivity contribution in [3.63, 3.8) is 0 Å². The Balaban J connectivity index is 1.96. The number of carbonyl (C=O) groups excluding carboxylic acids is 2. The van der Waals surface area contributed by atoms with E-state index in [4.69, 9.17) is 10.00 Å². The van der Waals surface area contributed by atoms with Crippen molar-refractivity contribution in [2.45, 2.75) is 19.9 Å². The molecule has 0 saturated carbocycles. The van der Waals surface area contributed by atoms with Crippen LogP contribution >= 0.6 is 0 Å². The van der Waals surface area contributed by atoms with E-state index in [1.54, 1.807) is 47.6 Å². The van der Waals surface area contributed by atoms with Crippen LogP contribution in [0.15, 0.2) is 48.8 Å². The van der Waals surface area contributed by atoms with E-state index >= 15 is 0 Å². The average Bonchev–Trinajstić information content (AvgIpc) is 2.64. The quantitative estimate of drug-likeness (QED) is 0.691. The van der Waals surface area contributed by atoms with Gasteiger partial charge in [0.15, 0.2) is 12.4 Å². The van der Waals surface area contributed by atoms with Crippen molar-refractivity contribution in [1.82, 2.24) is 9.88 Å². The molecule has 2 rings (SSSR count). The van der Waals surface area contributed by atoms with Crippen molar-refractivity contribution in [3.05, 3.63) is 59.9 Å². The second kappa shape index (κ2) is 9.18. The van der Waals surface area contributed by atoms with Gasteiger partial charge in [-0.3, -0.25) is 14.6 Å². The van der Waals surface area contributed by atoms with Gasteiger partial charge in [-0.1, -0.05) is 6.07 Å². The van der Waals surface area contributed by atoms with E-state index in [0.29, 0.717) is 24.4 Å². The third-order valence-electron chi connectivity index (χ3n) is 3.57. The first-order valence-electron chi connectivity index (χ1n) is 7.87. The highest BCUT2D eigenvalue weighted by molar-refractivity contribution is 5.94. The number of carbonyl (C=O) groups is 2. The predicted molar refractivity (Wildman–Crippen MR) is 91.8 cm³/mol. The van der Waals surface area contributed by atoms with Crippen LogP contribution in [0.4, 0.5) is 0 Å². The smallest absolute Gasteiger partial charge is 0.260 e. The van der Waals surface area contributed by atoms with Gasteiger partial charge in [0, 0.05) is 31.0 Å². The Labute approximate surface area is 146 Å². The van der Waals surface area contributed by atoms with Crippen molar-refractivity contribution < 1.29 is 14.3 Å². The number of hydrogen-bond acceptors (Lipinski definition) is 5. The topological polar surface area (TPSA) is 83.3 Å². The molecule has 1 aromatic carbocycles. The van der Waals surface area contributed by atoms with Gasteiger partial charge in [-0.05, 0) is 42.8 Å². The Morgan fingerprint density at radius 3 is 2.60 bits per heavy atom. The normalized spacial score (nSPS) is 9.92. The molecule has 128 valence electrons. The SMILES string of the molecule is CC(=O)c1ccc(OCC(=O)N(CCC#N)Cc2cccnc2)cc1. The zero-order valence-electron chi connectivity index (χ0n) is 14.0. The van der Waals surface area contributed by atoms with E-state index in [0.717, 1.165) is 5.56 Å². The van der Waals surface area contributed by atoms with Gasteiger partial charge in [0.2, 0.25) is 0 Å². The summed E-state index contributed by atoms with van der Waals surface area (Å²) in [6.07, 6.45) is 3.60. The summed E-state index contributed by atoms with van der Waals surface area (Å²) in [6.45, 7) is 2.06. The Morgan fingerprint density at radius 1 is 1.24 bits per heavy atom. The summed E-state index contributed by atoms with van der Waals surface area (Å²) in [5.74, 6) is 0.275. The number of amides is 1. The molecule has 2 aromatic rings. The molecule has 0 saturated heterocycles. The van der Waals surface area contributed by atoms with E-state index in [9.17, 15) is 9.59 Å². The summed E-state index contributed by atoms with van der Waals surface area (Å²) < 4.78 is 5.50. The number of ketones is 1. The first-order valence-corrected chi connectivity index (χ1v) is 7.87. The van der Waals surface area contributed by atoms with Crippen LogP contribution in [-0.2, 0) is 11.3 Å². The zero-order chi connectivity index (χ0) is 18.1. The lowest BCUT2D eigenvalue weighted by molar-refractivity contribution is -0.133. The number of benzene rings is 1. The van der Waals surface area contributed by atoms with Gasteiger partial charge in [0.1, 0.15) is 5.75 Å². The van der Waals surface area contributed by atoms with Crippen LogP contribution in [0.5, 0.6) is 5.75 Å². The van der Waals surface area contributed by atoms with E-state index in [2.05, 4.69) is 4.98 Å². The summed E-state index contributed by atoms with van der Waals surface area (Å²) >= 11 is 0. The fourth-order valence-electron chi connectivity index (χ4n) is 2.21. The van der Waals surface area contributed by atoms with Crippen LogP contribution < -0.4 is 4.74 Å². The molecule has 0 aliphatic rings. The highest BCUT2D eigenvalue weighted by Crippen LogP contribution is 2.13. The largest absolute Gasteiger partial charge is 0.484 e. The van der Waals surface area contributed by atoms with E-state index < -0.39 is 0 Å². The number of ether oxygens (including phenoxy) is 1. The third kappa shape index (κ3) is 5.74. The lowest BCUT2D eigenvalue weighted by Gasteiger charge is -2.21. The van der Waals surface area contributed by atoms with Gasteiger partial charge in [-0.15, -0.1) is 0 Å². The van der Waals surface area contributed by atoms with Gasteiger partial charge in [-0.2, -0.15) is 5.26 Å². The van der Waals surface area contributed by atoms with Crippen molar-refractivity contribution in [1.29, 1.82) is 5.26 Å². The molecule has 0 unspecified atom stereocenters. The van der Waals surface area contributed by atoms with E-state index in [-0.39, 0.29) is 24.7 Å². The van der Waals surface area contributed by atoms with Crippen LogP contribution in [-0.4, -0.2) is 34.7 Å². The van der Waals surface area contributed by atoms with Crippen LogP contribution in [0.3, 0.4) is 0 Å². The summed E-state index contributed by atoms with van der Waals surface area (Å²) in [5.41, 5.74) is 1.48. The highest BCUT2D eigenvalue weighted by atomic mass is 16.5. The Kier molecular flexibility index (Phi) is 6.66. The summed E-state index contributed by atoms with van der Waals surface area (Å²) in [5, 5.41) is 8.78. The molecule has 1 aromatic heterocycles. The lowest BCUT2D eigenvalue weighted by atomic mass is 10.1. The minimum absolute atomic E-state index is 0.0261. The molecule has 0 spiro atoms. The number of pyridine rings is 1. The van der Waals surface area contributed by atoms with Crippen LogP contribution in [0.25, 0.3) is 0 Å².